The van der Waals surface area contributed by atoms with Crippen LogP contribution in [-0.2, 0) is 5.41 Å². The average molecular weight is 301 g/mol. The van der Waals surface area contributed by atoms with E-state index in [9.17, 15) is 10.2 Å². The van der Waals surface area contributed by atoms with Gasteiger partial charge in [0.15, 0.2) is 0 Å². The first-order chi connectivity index (χ1) is 10.7. The van der Waals surface area contributed by atoms with Crippen molar-refractivity contribution in [2.24, 2.45) is 11.8 Å². The van der Waals surface area contributed by atoms with Gasteiger partial charge in [-0.3, -0.25) is 0 Å². The molecule has 3 atom stereocenters. The highest BCUT2D eigenvalue weighted by molar-refractivity contribution is 5.35. The lowest BCUT2D eigenvalue weighted by atomic mass is 9.58. The normalized spacial score (nSPS) is 36.0. The third-order valence-electron chi connectivity index (χ3n) is 6.22. The first-order valence-corrected chi connectivity index (χ1v) is 8.86. The fourth-order valence-electron chi connectivity index (χ4n) is 4.84. The summed E-state index contributed by atoms with van der Waals surface area (Å²) in [5.41, 5.74) is 1.30. The summed E-state index contributed by atoms with van der Waals surface area (Å²) < 4.78 is 0. The second-order valence-corrected chi connectivity index (χ2v) is 7.79. The van der Waals surface area contributed by atoms with Crippen molar-refractivity contribution in [1.29, 1.82) is 0 Å². The van der Waals surface area contributed by atoms with Crippen LogP contribution in [0.15, 0.2) is 24.3 Å². The summed E-state index contributed by atoms with van der Waals surface area (Å²) >= 11 is 0. The van der Waals surface area contributed by atoms with Gasteiger partial charge in [-0.05, 0) is 74.6 Å². The summed E-state index contributed by atoms with van der Waals surface area (Å²) in [6.07, 6.45) is 6.66. The second kappa shape index (κ2) is 5.54. The average Bonchev–Trinajstić information content (AvgIpc) is 3.31. The maximum Gasteiger partial charge on any atom is 0.115 e. The van der Waals surface area contributed by atoms with Crippen LogP contribution in [0.5, 0.6) is 5.75 Å². The Bertz CT molecular complexity index is 542. The fourth-order valence-corrected chi connectivity index (χ4v) is 4.84. The number of aliphatic hydroxyl groups excluding tert-OH is 1. The number of nitrogens with zero attached hydrogens (tertiary/aromatic N) is 1. The smallest absolute Gasteiger partial charge is 0.115 e. The van der Waals surface area contributed by atoms with Gasteiger partial charge < -0.3 is 15.1 Å². The summed E-state index contributed by atoms with van der Waals surface area (Å²) in [6.45, 7) is 3.57. The number of phenols is 1. The maximum absolute atomic E-state index is 10.3. The fraction of sp³-hybridized carbons (Fsp3) is 0.684. The number of likely N-dealkylation sites (tertiary alicyclic amines) is 1. The molecule has 3 heteroatoms. The Morgan fingerprint density at radius 3 is 2.82 bits per heavy atom. The molecule has 3 fully saturated rings. The van der Waals surface area contributed by atoms with E-state index >= 15 is 0 Å². The molecule has 2 aliphatic carbocycles. The van der Waals surface area contributed by atoms with Gasteiger partial charge in [0.2, 0.25) is 0 Å². The Kier molecular flexibility index (Phi) is 3.66. The van der Waals surface area contributed by atoms with E-state index < -0.39 is 0 Å². The van der Waals surface area contributed by atoms with Crippen molar-refractivity contribution in [2.45, 2.75) is 50.0 Å². The first kappa shape index (κ1) is 14.5. The van der Waals surface area contributed by atoms with Gasteiger partial charge in [-0.15, -0.1) is 0 Å². The molecule has 1 unspecified atom stereocenters. The van der Waals surface area contributed by atoms with E-state index in [1.807, 2.05) is 12.1 Å². The highest BCUT2D eigenvalue weighted by Gasteiger charge is 2.48. The molecule has 120 valence electrons. The predicted molar refractivity (Wildman–Crippen MR) is 86.9 cm³/mol. The van der Waals surface area contributed by atoms with E-state index in [0.717, 1.165) is 38.1 Å². The van der Waals surface area contributed by atoms with Crippen molar-refractivity contribution in [3.05, 3.63) is 29.8 Å². The molecule has 0 spiro atoms. The van der Waals surface area contributed by atoms with Crippen molar-refractivity contribution in [3.63, 3.8) is 0 Å². The minimum absolute atomic E-state index is 0.0659. The molecule has 0 amide bonds. The van der Waals surface area contributed by atoms with E-state index in [1.54, 1.807) is 6.07 Å². The van der Waals surface area contributed by atoms with Crippen LogP contribution in [0.4, 0.5) is 0 Å². The summed E-state index contributed by atoms with van der Waals surface area (Å²) in [6, 6.07) is 7.79. The third kappa shape index (κ3) is 2.65. The lowest BCUT2D eigenvalue weighted by molar-refractivity contribution is -0.00475. The molecule has 1 aromatic carbocycles. The molecule has 1 saturated heterocycles. The summed E-state index contributed by atoms with van der Waals surface area (Å²) in [5, 5.41) is 20.2. The lowest BCUT2D eigenvalue weighted by Crippen LogP contribution is -2.54. The lowest BCUT2D eigenvalue weighted by Gasteiger charge is -2.52. The third-order valence-corrected chi connectivity index (χ3v) is 6.22. The molecule has 1 aliphatic heterocycles. The molecule has 3 aliphatic rings. The van der Waals surface area contributed by atoms with Crippen LogP contribution >= 0.6 is 0 Å². The minimum Gasteiger partial charge on any atom is -0.508 e. The molecule has 4 rings (SSSR count). The molecule has 2 N–H and O–H groups in total. The highest BCUT2D eigenvalue weighted by atomic mass is 16.3. The molecule has 0 radical (unpaired) electrons. The molecule has 0 aromatic heterocycles. The number of benzene rings is 1. The quantitative estimate of drug-likeness (QED) is 0.902. The Morgan fingerprint density at radius 1 is 1.18 bits per heavy atom. The van der Waals surface area contributed by atoms with Crippen LogP contribution in [0.1, 0.15) is 44.1 Å². The number of aromatic hydroxyl groups is 1. The minimum atomic E-state index is -0.186. The largest absolute Gasteiger partial charge is 0.508 e. The number of rotatable bonds is 3. The van der Waals surface area contributed by atoms with E-state index in [-0.39, 0.29) is 11.5 Å². The zero-order chi connectivity index (χ0) is 15.2. The summed E-state index contributed by atoms with van der Waals surface area (Å²) in [5.74, 6) is 1.92. The standard InChI is InChI=1S/C19H27NO2/c21-17-3-1-2-15(10-17)19-8-9-20(12-14-4-5-14)13-16(19)6-7-18(22)11-19/h1-3,10,14,16,18,21-22H,4-9,11-13H2/t16-,18?,19-/m0/s1. The Balaban J connectivity index is 1.61. The van der Waals surface area contributed by atoms with Gasteiger partial charge >= 0.3 is 0 Å². The summed E-state index contributed by atoms with van der Waals surface area (Å²) in [7, 11) is 0. The van der Waals surface area contributed by atoms with E-state index in [0.29, 0.717) is 11.7 Å². The van der Waals surface area contributed by atoms with Crippen molar-refractivity contribution in [2.75, 3.05) is 19.6 Å². The molecule has 1 heterocycles. The van der Waals surface area contributed by atoms with Gasteiger partial charge in [0.25, 0.3) is 0 Å². The topological polar surface area (TPSA) is 43.7 Å². The van der Waals surface area contributed by atoms with Gasteiger partial charge in [0.1, 0.15) is 5.75 Å². The van der Waals surface area contributed by atoms with E-state index in [2.05, 4.69) is 11.0 Å². The van der Waals surface area contributed by atoms with Crippen LogP contribution in [0.2, 0.25) is 0 Å². The van der Waals surface area contributed by atoms with Crippen LogP contribution in [-0.4, -0.2) is 40.9 Å². The number of piperidine rings is 1. The maximum atomic E-state index is 10.3. The first-order valence-electron chi connectivity index (χ1n) is 8.86. The van der Waals surface area contributed by atoms with Crippen LogP contribution in [0.3, 0.4) is 0 Å². The zero-order valence-corrected chi connectivity index (χ0v) is 13.2. The van der Waals surface area contributed by atoms with Crippen molar-refractivity contribution >= 4 is 0 Å². The molecular formula is C19H27NO2. The van der Waals surface area contributed by atoms with Crippen molar-refractivity contribution < 1.29 is 10.2 Å². The van der Waals surface area contributed by atoms with Gasteiger partial charge in [0, 0.05) is 18.5 Å². The Hall–Kier alpha value is -1.06. The van der Waals surface area contributed by atoms with Crippen LogP contribution in [0.25, 0.3) is 0 Å². The molecule has 3 nitrogen and oxygen atoms in total. The number of hydrogen-bond donors (Lipinski definition) is 2. The van der Waals surface area contributed by atoms with Crippen molar-refractivity contribution in [1.82, 2.24) is 4.90 Å². The van der Waals surface area contributed by atoms with Gasteiger partial charge in [-0.2, -0.15) is 0 Å². The number of fused-ring (bicyclic) bond motifs is 1. The van der Waals surface area contributed by atoms with Crippen molar-refractivity contribution in [3.8, 4) is 5.75 Å². The van der Waals surface area contributed by atoms with Gasteiger partial charge in [-0.25, -0.2) is 0 Å². The van der Waals surface area contributed by atoms with E-state index in [4.69, 9.17) is 0 Å². The predicted octanol–water partition coefficient (Wildman–Crippen LogP) is 2.91. The van der Waals surface area contributed by atoms with Gasteiger partial charge in [-0.1, -0.05) is 12.1 Å². The molecular weight excluding hydrogens is 274 g/mol. The number of hydrogen-bond acceptors (Lipinski definition) is 3. The molecule has 1 aromatic rings. The monoisotopic (exact) mass is 301 g/mol. The number of aliphatic hydroxyl groups is 1. The van der Waals surface area contributed by atoms with Crippen LogP contribution < -0.4 is 0 Å². The molecule has 2 saturated carbocycles. The Labute approximate surface area is 133 Å². The second-order valence-electron chi connectivity index (χ2n) is 7.79. The highest BCUT2D eigenvalue weighted by Crippen LogP contribution is 2.50. The number of phenolic OH excluding ortho intramolecular Hbond substituents is 1. The molecule has 22 heavy (non-hydrogen) atoms. The Morgan fingerprint density at radius 2 is 2.05 bits per heavy atom. The molecule has 0 bridgehead atoms. The SMILES string of the molecule is Oc1cccc([C@@]23CCN(CC4CC4)C[C@@H]2CCC(O)C3)c1. The van der Waals surface area contributed by atoms with Crippen LogP contribution in [0, 0.1) is 11.8 Å². The van der Waals surface area contributed by atoms with E-state index in [1.165, 1.54) is 31.5 Å². The zero-order valence-electron chi connectivity index (χ0n) is 13.2. The summed E-state index contributed by atoms with van der Waals surface area (Å²) in [4.78, 5) is 2.65. The van der Waals surface area contributed by atoms with Gasteiger partial charge in [0.05, 0.1) is 6.10 Å².